The predicted molar refractivity (Wildman–Crippen MR) is 76.5 cm³/mol. The van der Waals surface area contributed by atoms with Crippen LogP contribution < -0.4 is 10.5 Å². The van der Waals surface area contributed by atoms with E-state index in [9.17, 15) is 0 Å². The topological polar surface area (TPSA) is 35.2 Å². The number of ether oxygens (including phenoxy) is 1. The van der Waals surface area contributed by atoms with E-state index in [0.717, 1.165) is 36.0 Å². The summed E-state index contributed by atoms with van der Waals surface area (Å²) in [5.74, 6) is 0.969. The number of aryl methyl sites for hydroxylation is 1. The molecule has 0 atom stereocenters. The molecule has 0 radical (unpaired) electrons. The molecule has 17 heavy (non-hydrogen) atoms. The lowest BCUT2D eigenvalue weighted by Gasteiger charge is -2.24. The Morgan fingerprint density at radius 1 is 1.29 bits per heavy atom. The third kappa shape index (κ3) is 4.68. The molecule has 0 fully saturated rings. The van der Waals surface area contributed by atoms with Crippen LogP contribution in [0.4, 0.5) is 0 Å². The smallest absolute Gasteiger partial charge is 0.122 e. The maximum Gasteiger partial charge on any atom is 0.122 e. The molecular formula is C14H22BrNO. The first kappa shape index (κ1) is 14.5. The fraction of sp³-hybridized carbons (Fsp3) is 0.571. The summed E-state index contributed by atoms with van der Waals surface area (Å²) in [7, 11) is 1.72. The number of methoxy groups -OCH3 is 1. The molecule has 1 aromatic rings. The lowest BCUT2D eigenvalue weighted by atomic mass is 9.83. The van der Waals surface area contributed by atoms with Crippen LogP contribution in [0.2, 0.25) is 0 Å². The monoisotopic (exact) mass is 299 g/mol. The average molecular weight is 300 g/mol. The van der Waals surface area contributed by atoms with Crippen molar-refractivity contribution in [2.45, 2.75) is 33.1 Å². The first-order valence-corrected chi connectivity index (χ1v) is 6.80. The van der Waals surface area contributed by atoms with Crippen molar-refractivity contribution in [1.29, 1.82) is 0 Å². The lowest BCUT2D eigenvalue weighted by Crippen LogP contribution is -2.18. The van der Waals surface area contributed by atoms with Gasteiger partial charge in [-0.3, -0.25) is 0 Å². The minimum atomic E-state index is 0.294. The fourth-order valence-electron chi connectivity index (χ4n) is 1.93. The van der Waals surface area contributed by atoms with Crippen LogP contribution in [0.25, 0.3) is 0 Å². The molecule has 3 heteroatoms. The number of hydrogen-bond donors (Lipinski definition) is 1. The third-order valence-corrected chi connectivity index (χ3v) is 3.63. The Balaban J connectivity index is 2.71. The van der Waals surface area contributed by atoms with E-state index in [4.69, 9.17) is 10.5 Å². The summed E-state index contributed by atoms with van der Waals surface area (Å²) in [4.78, 5) is 0. The first-order valence-electron chi connectivity index (χ1n) is 6.01. The van der Waals surface area contributed by atoms with Gasteiger partial charge in [-0.05, 0) is 55.0 Å². The van der Waals surface area contributed by atoms with Crippen molar-refractivity contribution in [3.05, 3.63) is 28.2 Å². The Morgan fingerprint density at radius 2 is 2.00 bits per heavy atom. The molecule has 0 unspecified atom stereocenters. The van der Waals surface area contributed by atoms with E-state index < -0.39 is 0 Å². The molecule has 0 amide bonds. The molecular weight excluding hydrogens is 278 g/mol. The molecule has 96 valence electrons. The molecule has 0 aliphatic rings. The van der Waals surface area contributed by atoms with Gasteiger partial charge in [0.1, 0.15) is 5.75 Å². The van der Waals surface area contributed by atoms with E-state index in [1.165, 1.54) is 5.56 Å². The van der Waals surface area contributed by atoms with Gasteiger partial charge in [0, 0.05) is 4.47 Å². The molecule has 2 nitrogen and oxygen atoms in total. The van der Waals surface area contributed by atoms with Crippen LogP contribution in [0.15, 0.2) is 22.7 Å². The number of nitrogens with two attached hydrogens (primary N) is 1. The number of benzene rings is 1. The molecule has 0 aliphatic heterocycles. The van der Waals surface area contributed by atoms with Crippen molar-refractivity contribution in [2.24, 2.45) is 11.1 Å². The summed E-state index contributed by atoms with van der Waals surface area (Å²) in [6.07, 6.45) is 3.20. The Labute approximate surface area is 113 Å². The van der Waals surface area contributed by atoms with Gasteiger partial charge in [-0.25, -0.2) is 0 Å². The number of rotatable bonds is 6. The van der Waals surface area contributed by atoms with E-state index in [2.05, 4.69) is 35.8 Å². The van der Waals surface area contributed by atoms with Crippen LogP contribution >= 0.6 is 15.9 Å². The largest absolute Gasteiger partial charge is 0.496 e. The summed E-state index contributed by atoms with van der Waals surface area (Å²) in [6, 6.07) is 6.15. The SMILES string of the molecule is COc1ccc(Br)cc1CCC(C)(C)CCN. The van der Waals surface area contributed by atoms with Crippen molar-refractivity contribution in [3.8, 4) is 5.75 Å². The molecule has 0 heterocycles. The molecule has 2 N–H and O–H groups in total. The highest BCUT2D eigenvalue weighted by atomic mass is 79.9. The third-order valence-electron chi connectivity index (χ3n) is 3.13. The maximum absolute atomic E-state index is 5.63. The van der Waals surface area contributed by atoms with Gasteiger partial charge in [0.25, 0.3) is 0 Å². The van der Waals surface area contributed by atoms with Gasteiger partial charge in [-0.2, -0.15) is 0 Å². The highest BCUT2D eigenvalue weighted by molar-refractivity contribution is 9.10. The Bertz CT molecular complexity index is 363. The molecule has 0 saturated carbocycles. The quantitative estimate of drug-likeness (QED) is 0.868. The van der Waals surface area contributed by atoms with Crippen LogP contribution in [0.5, 0.6) is 5.75 Å². The molecule has 0 aliphatic carbocycles. The van der Waals surface area contributed by atoms with Crippen LogP contribution in [0.3, 0.4) is 0 Å². The van der Waals surface area contributed by atoms with Gasteiger partial charge in [0.2, 0.25) is 0 Å². The maximum atomic E-state index is 5.63. The van der Waals surface area contributed by atoms with Gasteiger partial charge in [-0.1, -0.05) is 29.8 Å². The van der Waals surface area contributed by atoms with Gasteiger partial charge in [0.15, 0.2) is 0 Å². The fourth-order valence-corrected chi connectivity index (χ4v) is 2.34. The van der Waals surface area contributed by atoms with Crippen LogP contribution in [-0.4, -0.2) is 13.7 Å². The lowest BCUT2D eigenvalue weighted by molar-refractivity contribution is 0.311. The zero-order chi connectivity index (χ0) is 12.9. The zero-order valence-corrected chi connectivity index (χ0v) is 12.5. The average Bonchev–Trinajstić information content (AvgIpc) is 2.27. The number of halogens is 1. The minimum absolute atomic E-state index is 0.294. The Hall–Kier alpha value is -0.540. The second-order valence-electron chi connectivity index (χ2n) is 5.16. The van der Waals surface area contributed by atoms with E-state index in [0.29, 0.717) is 5.41 Å². The molecule has 0 bridgehead atoms. The Morgan fingerprint density at radius 3 is 2.59 bits per heavy atom. The van der Waals surface area contributed by atoms with Crippen molar-refractivity contribution >= 4 is 15.9 Å². The summed E-state index contributed by atoms with van der Waals surface area (Å²) >= 11 is 3.50. The highest BCUT2D eigenvalue weighted by Gasteiger charge is 2.17. The van der Waals surface area contributed by atoms with Gasteiger partial charge in [-0.15, -0.1) is 0 Å². The van der Waals surface area contributed by atoms with Gasteiger partial charge in [0.05, 0.1) is 7.11 Å². The van der Waals surface area contributed by atoms with Crippen LogP contribution in [0, 0.1) is 5.41 Å². The van der Waals surface area contributed by atoms with E-state index >= 15 is 0 Å². The predicted octanol–water partition coefficient (Wildman–Crippen LogP) is 3.77. The van der Waals surface area contributed by atoms with Crippen molar-refractivity contribution in [1.82, 2.24) is 0 Å². The van der Waals surface area contributed by atoms with Gasteiger partial charge < -0.3 is 10.5 Å². The Kier molecular flexibility index (Phi) is 5.47. The highest BCUT2D eigenvalue weighted by Crippen LogP contribution is 2.30. The van der Waals surface area contributed by atoms with Gasteiger partial charge >= 0.3 is 0 Å². The summed E-state index contributed by atoms with van der Waals surface area (Å²) in [5.41, 5.74) is 7.18. The molecule has 0 saturated heterocycles. The number of hydrogen-bond acceptors (Lipinski definition) is 2. The molecule has 0 spiro atoms. The summed E-state index contributed by atoms with van der Waals surface area (Å²) < 4.78 is 6.48. The standard InChI is InChI=1S/C14H22BrNO/c1-14(2,8-9-16)7-6-11-10-12(15)4-5-13(11)17-3/h4-5,10H,6-9,16H2,1-3H3. The zero-order valence-electron chi connectivity index (χ0n) is 10.9. The van der Waals surface area contributed by atoms with Crippen LogP contribution in [-0.2, 0) is 6.42 Å². The molecule has 1 aromatic carbocycles. The van der Waals surface area contributed by atoms with E-state index in [-0.39, 0.29) is 0 Å². The van der Waals surface area contributed by atoms with E-state index in [1.807, 2.05) is 12.1 Å². The second kappa shape index (κ2) is 6.41. The minimum Gasteiger partial charge on any atom is -0.496 e. The van der Waals surface area contributed by atoms with E-state index in [1.54, 1.807) is 7.11 Å². The molecule has 1 rings (SSSR count). The second-order valence-corrected chi connectivity index (χ2v) is 6.07. The first-order chi connectivity index (χ1) is 7.98. The van der Waals surface area contributed by atoms with Crippen molar-refractivity contribution < 1.29 is 4.74 Å². The van der Waals surface area contributed by atoms with Crippen LogP contribution in [0.1, 0.15) is 32.3 Å². The van der Waals surface area contributed by atoms with Crippen molar-refractivity contribution in [3.63, 3.8) is 0 Å². The normalized spacial score (nSPS) is 11.6. The van der Waals surface area contributed by atoms with Crippen molar-refractivity contribution in [2.75, 3.05) is 13.7 Å². The summed E-state index contributed by atoms with van der Waals surface area (Å²) in [6.45, 7) is 5.29. The molecule has 0 aromatic heterocycles. The summed E-state index contributed by atoms with van der Waals surface area (Å²) in [5, 5.41) is 0.